The van der Waals surface area contributed by atoms with Gasteiger partial charge < -0.3 is 15.4 Å². The maximum Gasteiger partial charge on any atom is 0.257 e. The monoisotopic (exact) mass is 406 g/mol. The van der Waals surface area contributed by atoms with Gasteiger partial charge in [-0.15, -0.1) is 11.8 Å². The molecule has 0 saturated heterocycles. The van der Waals surface area contributed by atoms with Crippen molar-refractivity contribution in [1.29, 1.82) is 0 Å². The third-order valence-electron chi connectivity index (χ3n) is 3.88. The average Bonchev–Trinajstić information content (AvgIpc) is 2.66. The second-order valence-electron chi connectivity index (χ2n) is 5.74. The number of pyridine rings is 1. The number of hydrogen-bond acceptors (Lipinski definition) is 4. The van der Waals surface area contributed by atoms with Gasteiger partial charge in [0.1, 0.15) is 11.4 Å². The molecule has 1 amide bonds. The topological polar surface area (TPSA) is 82.2 Å². The van der Waals surface area contributed by atoms with Gasteiger partial charge in [0, 0.05) is 28.4 Å². The Kier molecular flexibility index (Phi) is 6.15. The van der Waals surface area contributed by atoms with E-state index in [2.05, 4.69) is 10.3 Å². The summed E-state index contributed by atoms with van der Waals surface area (Å²) in [5, 5.41) is 12.3. The first-order chi connectivity index (χ1) is 13.0. The third kappa shape index (κ3) is 4.50. The molecule has 0 fully saturated rings. The van der Waals surface area contributed by atoms with E-state index in [0.717, 1.165) is 5.56 Å². The van der Waals surface area contributed by atoms with Crippen molar-refractivity contribution < 1.29 is 14.3 Å². The molecule has 3 aromatic rings. The van der Waals surface area contributed by atoms with Gasteiger partial charge in [-0.2, -0.15) is 0 Å². The van der Waals surface area contributed by atoms with Gasteiger partial charge in [-0.05, 0) is 29.8 Å². The van der Waals surface area contributed by atoms with Crippen molar-refractivity contribution in [2.24, 2.45) is 0 Å². The molecule has 8 heteroatoms. The lowest BCUT2D eigenvalue weighted by Gasteiger charge is -2.08. The normalized spacial score (nSPS) is 10.9. The number of aliphatic hydroxyl groups excluding tert-OH is 1. The Morgan fingerprint density at radius 3 is 2.70 bits per heavy atom. The molecule has 5 nitrogen and oxygen atoms in total. The molecule has 140 valence electrons. The van der Waals surface area contributed by atoms with Crippen molar-refractivity contribution in [3.63, 3.8) is 0 Å². The van der Waals surface area contributed by atoms with E-state index >= 15 is 0 Å². The molecule has 0 aliphatic rings. The first kappa shape index (κ1) is 19.4. The van der Waals surface area contributed by atoms with E-state index in [4.69, 9.17) is 16.7 Å². The van der Waals surface area contributed by atoms with Gasteiger partial charge in [-0.25, -0.2) is 4.39 Å². The second-order valence-corrected chi connectivity index (χ2v) is 7.35. The third-order valence-corrected chi connectivity index (χ3v) is 5.09. The van der Waals surface area contributed by atoms with Crippen LogP contribution in [0.1, 0.15) is 15.9 Å². The molecule has 0 aliphatic carbocycles. The summed E-state index contributed by atoms with van der Waals surface area (Å²) in [4.78, 5) is 28.3. The number of benzene rings is 2. The summed E-state index contributed by atoms with van der Waals surface area (Å²) in [6.45, 7) is 0.169. The van der Waals surface area contributed by atoms with Crippen molar-refractivity contribution in [3.05, 3.63) is 74.8 Å². The Morgan fingerprint density at radius 2 is 2.00 bits per heavy atom. The van der Waals surface area contributed by atoms with Gasteiger partial charge in [0.2, 0.25) is 5.43 Å². The number of carbonyl (C=O) groups is 1. The van der Waals surface area contributed by atoms with Crippen LogP contribution in [0.5, 0.6) is 0 Å². The standard InChI is InChI=1S/C19H16ClFN2O3S/c20-12-3-1-11(2-4-12)9-23-19(26)15-10-22-17-14(18(15)25)7-13(8-16(17)21)27-6-5-24/h1-4,7-8,10,24H,5-6,9H2,(H,22,25)(H,23,26). The predicted octanol–water partition coefficient (Wildman–Crippen LogP) is 3.34. The summed E-state index contributed by atoms with van der Waals surface area (Å²) in [6, 6.07) is 9.77. The van der Waals surface area contributed by atoms with Crippen molar-refractivity contribution in [2.75, 3.05) is 12.4 Å². The Labute approximate surface area is 163 Å². The Morgan fingerprint density at radius 1 is 1.26 bits per heavy atom. The fourth-order valence-electron chi connectivity index (χ4n) is 2.56. The smallest absolute Gasteiger partial charge is 0.257 e. The minimum Gasteiger partial charge on any atom is -0.396 e. The molecule has 0 aliphatic heterocycles. The summed E-state index contributed by atoms with van der Waals surface area (Å²) < 4.78 is 14.2. The number of aromatic nitrogens is 1. The quantitative estimate of drug-likeness (QED) is 0.548. The van der Waals surface area contributed by atoms with Crippen LogP contribution in [0.25, 0.3) is 10.9 Å². The zero-order chi connectivity index (χ0) is 19.4. The molecule has 3 N–H and O–H groups in total. The van der Waals surface area contributed by atoms with E-state index < -0.39 is 17.2 Å². The first-order valence-corrected chi connectivity index (χ1v) is 9.47. The zero-order valence-electron chi connectivity index (χ0n) is 14.1. The van der Waals surface area contributed by atoms with Crippen LogP contribution < -0.4 is 10.7 Å². The van der Waals surface area contributed by atoms with Gasteiger partial charge in [0.15, 0.2) is 0 Å². The Bertz CT molecular complexity index is 1040. The highest BCUT2D eigenvalue weighted by atomic mass is 35.5. The van der Waals surface area contributed by atoms with Gasteiger partial charge >= 0.3 is 0 Å². The summed E-state index contributed by atoms with van der Waals surface area (Å²) >= 11 is 7.05. The molecule has 2 aromatic carbocycles. The molecule has 0 radical (unpaired) electrons. The number of H-pyrrole nitrogens is 1. The van der Waals surface area contributed by atoms with Gasteiger partial charge in [0.25, 0.3) is 5.91 Å². The summed E-state index contributed by atoms with van der Waals surface area (Å²) in [6.07, 6.45) is 1.21. The number of hydrogen-bond donors (Lipinski definition) is 3. The molecule has 1 aromatic heterocycles. The molecule has 3 rings (SSSR count). The molecule has 1 heterocycles. The first-order valence-electron chi connectivity index (χ1n) is 8.11. The molecule has 0 atom stereocenters. The fraction of sp³-hybridized carbons (Fsp3) is 0.158. The van der Waals surface area contributed by atoms with Crippen molar-refractivity contribution >= 4 is 40.2 Å². The predicted molar refractivity (Wildman–Crippen MR) is 105 cm³/mol. The van der Waals surface area contributed by atoms with E-state index in [-0.39, 0.29) is 29.6 Å². The highest BCUT2D eigenvalue weighted by Crippen LogP contribution is 2.23. The molecule has 0 spiro atoms. The summed E-state index contributed by atoms with van der Waals surface area (Å²) in [5.41, 5.74) is 0.226. The number of aliphatic hydroxyl groups is 1. The maximum absolute atomic E-state index is 14.2. The van der Waals surface area contributed by atoms with E-state index in [9.17, 15) is 14.0 Å². The lowest BCUT2D eigenvalue weighted by atomic mass is 10.1. The highest BCUT2D eigenvalue weighted by Gasteiger charge is 2.15. The van der Waals surface area contributed by atoms with Crippen LogP contribution in [0, 0.1) is 5.82 Å². The fourth-order valence-corrected chi connectivity index (χ4v) is 3.40. The molecular weight excluding hydrogens is 391 g/mol. The maximum atomic E-state index is 14.2. The number of carbonyl (C=O) groups excluding carboxylic acids is 1. The number of thioether (sulfide) groups is 1. The highest BCUT2D eigenvalue weighted by molar-refractivity contribution is 7.99. The minimum atomic E-state index is -0.585. The SMILES string of the molecule is O=C(NCc1ccc(Cl)cc1)c1c[nH]c2c(F)cc(SCCO)cc2c1=O. The lowest BCUT2D eigenvalue weighted by Crippen LogP contribution is -2.28. The largest absolute Gasteiger partial charge is 0.396 e. The van der Waals surface area contributed by atoms with Gasteiger partial charge in [-0.3, -0.25) is 9.59 Å². The lowest BCUT2D eigenvalue weighted by molar-refractivity contribution is 0.0949. The van der Waals surface area contributed by atoms with E-state index in [1.165, 1.54) is 30.1 Å². The van der Waals surface area contributed by atoms with Gasteiger partial charge in [-0.1, -0.05) is 23.7 Å². The number of fused-ring (bicyclic) bond motifs is 1. The van der Waals surface area contributed by atoms with Crippen LogP contribution in [0.4, 0.5) is 4.39 Å². The van der Waals surface area contributed by atoms with Crippen LogP contribution >= 0.6 is 23.4 Å². The van der Waals surface area contributed by atoms with Crippen molar-refractivity contribution in [3.8, 4) is 0 Å². The summed E-state index contributed by atoms with van der Waals surface area (Å²) in [5.74, 6) is -0.760. The molecule has 0 bridgehead atoms. The van der Waals surface area contributed by atoms with Crippen LogP contribution in [0.15, 0.2) is 52.3 Å². The van der Waals surface area contributed by atoms with E-state index in [1.807, 2.05) is 0 Å². The number of nitrogens with one attached hydrogen (secondary N) is 2. The van der Waals surface area contributed by atoms with Gasteiger partial charge in [0.05, 0.1) is 17.5 Å². The minimum absolute atomic E-state index is 0.0441. The number of amides is 1. The molecule has 0 unspecified atom stereocenters. The average molecular weight is 407 g/mol. The van der Waals surface area contributed by atoms with Crippen molar-refractivity contribution in [1.82, 2.24) is 10.3 Å². The number of halogens is 2. The van der Waals surface area contributed by atoms with Crippen LogP contribution in [0.2, 0.25) is 5.02 Å². The number of aromatic amines is 1. The van der Waals surface area contributed by atoms with E-state index in [0.29, 0.717) is 15.7 Å². The van der Waals surface area contributed by atoms with E-state index in [1.54, 1.807) is 24.3 Å². The summed E-state index contributed by atoms with van der Waals surface area (Å²) in [7, 11) is 0. The Balaban J connectivity index is 1.87. The Hall–Kier alpha value is -2.35. The number of rotatable bonds is 6. The zero-order valence-corrected chi connectivity index (χ0v) is 15.7. The van der Waals surface area contributed by atoms with Crippen LogP contribution in [-0.4, -0.2) is 28.4 Å². The molecular formula is C19H16ClFN2O3S. The van der Waals surface area contributed by atoms with Crippen molar-refractivity contribution in [2.45, 2.75) is 11.4 Å². The second kappa shape index (κ2) is 8.56. The molecule has 27 heavy (non-hydrogen) atoms. The van der Waals surface area contributed by atoms with Crippen LogP contribution in [-0.2, 0) is 6.54 Å². The molecule has 0 saturated carbocycles. The van der Waals surface area contributed by atoms with Crippen LogP contribution in [0.3, 0.4) is 0 Å².